The summed E-state index contributed by atoms with van der Waals surface area (Å²) >= 11 is 2.63. The molecule has 116 valence electrons. The first-order valence-electron chi connectivity index (χ1n) is 6.07. The van der Waals surface area contributed by atoms with Gasteiger partial charge in [0.05, 0.1) is 19.3 Å². The van der Waals surface area contributed by atoms with Crippen LogP contribution in [0.25, 0.3) is 0 Å². The molecule has 8 heteroatoms. The van der Waals surface area contributed by atoms with Gasteiger partial charge in [0.1, 0.15) is 18.0 Å². The van der Waals surface area contributed by atoms with E-state index in [4.69, 9.17) is 19.3 Å². The quantitative estimate of drug-likeness (QED) is 0.612. The number of rotatable bonds is 4. The molecule has 2 N–H and O–H groups in total. The fourth-order valence-electron chi connectivity index (χ4n) is 1.85. The first-order valence-corrected chi connectivity index (χ1v) is 6.86. The van der Waals surface area contributed by atoms with Crippen LogP contribution in [-0.2, 0) is 9.47 Å². The maximum atomic E-state index is 14.2. The number of esters is 1. The number of methoxy groups -OCH3 is 1. The molecule has 0 unspecified atom stereocenters. The van der Waals surface area contributed by atoms with Gasteiger partial charge >= 0.3 is 5.97 Å². The van der Waals surface area contributed by atoms with E-state index in [1.54, 1.807) is 12.1 Å². The zero-order chi connectivity index (χ0) is 15.6. The second kappa shape index (κ2) is 6.27. The number of carbonyl (C=O) groups excluding carboxylic acids is 1. The van der Waals surface area contributed by atoms with Gasteiger partial charge in [-0.25, -0.2) is 9.18 Å². The lowest BCUT2D eigenvalue weighted by molar-refractivity contribution is -0.132. The molecule has 0 saturated carbocycles. The Morgan fingerprint density at radius 2 is 2.10 bits per heavy atom. The Kier molecular flexibility index (Phi) is 4.82. The van der Waals surface area contributed by atoms with Crippen molar-refractivity contribution in [3.63, 3.8) is 0 Å². The summed E-state index contributed by atoms with van der Waals surface area (Å²) in [5.74, 6) is -0.269. The van der Waals surface area contributed by atoms with Crippen LogP contribution in [0.15, 0.2) is 24.3 Å². The van der Waals surface area contributed by atoms with Crippen LogP contribution in [0.3, 0.4) is 0 Å². The Morgan fingerprint density at radius 1 is 1.48 bits per heavy atom. The Hall–Kier alpha value is -1.22. The van der Waals surface area contributed by atoms with E-state index in [0.717, 1.165) is 0 Å². The molecular formula is C13H14BrFO6. The fourth-order valence-corrected chi connectivity index (χ4v) is 2.35. The predicted octanol–water partition coefficient (Wildman–Crippen LogP) is 0.991. The van der Waals surface area contributed by atoms with E-state index >= 15 is 0 Å². The van der Waals surface area contributed by atoms with Crippen LogP contribution >= 0.6 is 15.9 Å². The summed E-state index contributed by atoms with van der Waals surface area (Å²) in [5, 5.41) is 18.6. The Balaban J connectivity index is 2.08. The summed E-state index contributed by atoms with van der Waals surface area (Å²) in [7, 11) is 1.48. The third-order valence-electron chi connectivity index (χ3n) is 3.08. The van der Waals surface area contributed by atoms with E-state index in [9.17, 15) is 14.3 Å². The first-order chi connectivity index (χ1) is 9.90. The number of aliphatic hydroxyl groups is 2. The van der Waals surface area contributed by atoms with Gasteiger partial charge < -0.3 is 24.4 Å². The molecule has 0 spiro atoms. The maximum absolute atomic E-state index is 14.2. The highest BCUT2D eigenvalue weighted by Gasteiger charge is 2.58. The molecular weight excluding hydrogens is 351 g/mol. The summed E-state index contributed by atoms with van der Waals surface area (Å²) in [5.41, 5.74) is 0.171. The fraction of sp³-hybridized carbons (Fsp3) is 0.462. The minimum Gasteiger partial charge on any atom is -0.497 e. The number of carbonyl (C=O) groups is 1. The van der Waals surface area contributed by atoms with Crippen LogP contribution in [0.5, 0.6) is 5.75 Å². The summed E-state index contributed by atoms with van der Waals surface area (Å²) < 4.78 is 26.6. The van der Waals surface area contributed by atoms with Crippen LogP contribution < -0.4 is 4.74 Å². The van der Waals surface area contributed by atoms with Crippen LogP contribution in [0.1, 0.15) is 10.4 Å². The molecule has 21 heavy (non-hydrogen) atoms. The molecule has 0 amide bonds. The molecule has 6 nitrogen and oxygen atoms in total. The highest BCUT2D eigenvalue weighted by molar-refractivity contribution is 9.10. The van der Waals surface area contributed by atoms with Crippen LogP contribution in [-0.4, -0.2) is 53.0 Å². The predicted molar refractivity (Wildman–Crippen MR) is 72.9 cm³/mol. The van der Waals surface area contributed by atoms with Crippen LogP contribution in [0.2, 0.25) is 0 Å². The third-order valence-corrected chi connectivity index (χ3v) is 3.92. The normalized spacial score (nSPS) is 32.0. The number of halogens is 2. The van der Waals surface area contributed by atoms with E-state index in [-0.39, 0.29) is 5.56 Å². The zero-order valence-electron chi connectivity index (χ0n) is 11.0. The summed E-state index contributed by atoms with van der Waals surface area (Å²) in [6, 6.07) is 6.00. The molecule has 0 bridgehead atoms. The Bertz CT molecular complexity index is 506. The number of hydrogen-bond acceptors (Lipinski definition) is 6. The monoisotopic (exact) mass is 364 g/mol. The highest BCUT2D eigenvalue weighted by Crippen LogP contribution is 2.40. The molecule has 1 fully saturated rings. The average molecular weight is 365 g/mol. The van der Waals surface area contributed by atoms with Crippen molar-refractivity contribution in [2.24, 2.45) is 0 Å². The number of alkyl halides is 2. The van der Waals surface area contributed by atoms with Gasteiger partial charge in [-0.1, -0.05) is 0 Å². The zero-order valence-corrected chi connectivity index (χ0v) is 12.6. The van der Waals surface area contributed by atoms with Gasteiger partial charge in [0.15, 0.2) is 0 Å². The molecule has 1 aromatic carbocycles. The summed E-state index contributed by atoms with van der Waals surface area (Å²) in [6.07, 6.45) is -4.50. The van der Waals surface area contributed by atoms with Gasteiger partial charge in [-0.3, -0.25) is 0 Å². The number of benzene rings is 1. The molecule has 1 aliphatic rings. The van der Waals surface area contributed by atoms with Crippen LogP contribution in [0, 0.1) is 0 Å². The number of aliphatic hydroxyl groups excluding tert-OH is 2. The smallest absolute Gasteiger partial charge is 0.340 e. The van der Waals surface area contributed by atoms with Gasteiger partial charge in [0, 0.05) is 0 Å². The largest absolute Gasteiger partial charge is 0.497 e. The maximum Gasteiger partial charge on any atom is 0.340 e. The minimum absolute atomic E-state index is 0.171. The molecule has 0 radical (unpaired) electrons. The molecule has 1 aromatic rings. The highest BCUT2D eigenvalue weighted by atomic mass is 79.9. The third kappa shape index (κ3) is 3.18. The molecule has 0 aromatic heterocycles. The summed E-state index contributed by atoms with van der Waals surface area (Å²) in [6.45, 7) is -0.602. The second-order valence-corrected chi connectivity index (χ2v) is 5.66. The Morgan fingerprint density at radius 3 is 2.57 bits per heavy atom. The minimum atomic E-state index is -2.48. The molecule has 2 rings (SSSR count). The van der Waals surface area contributed by atoms with Crippen molar-refractivity contribution in [3.05, 3.63) is 29.8 Å². The lowest BCUT2D eigenvalue weighted by Gasteiger charge is -2.21. The number of ether oxygens (including phenoxy) is 3. The molecule has 4 atom stereocenters. The van der Waals surface area contributed by atoms with E-state index < -0.39 is 35.7 Å². The van der Waals surface area contributed by atoms with E-state index in [2.05, 4.69) is 15.9 Å². The molecule has 1 aliphatic heterocycles. The topological polar surface area (TPSA) is 85.2 Å². The standard InChI is InChI=1S/C13H14BrFO6/c1-19-8-4-2-7(3-5-8)11(18)21-12-13(14,15)10(17)9(6-16)20-12/h2-5,9-10,12,16-17H,6H2,1H3/t9-,10-,12-,13-/m1/s1. The van der Waals surface area contributed by atoms with Crippen molar-refractivity contribution in [1.82, 2.24) is 0 Å². The van der Waals surface area contributed by atoms with Crippen LogP contribution in [0.4, 0.5) is 4.39 Å². The lowest BCUT2D eigenvalue weighted by Crippen LogP contribution is -2.40. The van der Waals surface area contributed by atoms with Crippen molar-refractivity contribution in [2.75, 3.05) is 13.7 Å². The molecule has 1 saturated heterocycles. The summed E-state index contributed by atoms with van der Waals surface area (Å²) in [4.78, 5) is 11.9. The van der Waals surface area contributed by atoms with Gasteiger partial charge in [0.25, 0.3) is 10.9 Å². The molecule has 1 heterocycles. The van der Waals surface area contributed by atoms with E-state index in [1.165, 1.54) is 19.2 Å². The van der Waals surface area contributed by atoms with E-state index in [1.807, 2.05) is 0 Å². The van der Waals surface area contributed by atoms with Gasteiger partial charge in [0.2, 0.25) is 0 Å². The van der Waals surface area contributed by atoms with Crippen molar-refractivity contribution in [3.8, 4) is 5.75 Å². The SMILES string of the molecule is COc1ccc(C(=O)O[C@H]2O[C@H](CO)[C@@H](O)[C@]2(F)Br)cc1. The van der Waals surface area contributed by atoms with Gasteiger partial charge in [-0.2, -0.15) is 0 Å². The van der Waals surface area contributed by atoms with Crippen molar-refractivity contribution in [2.45, 2.75) is 23.1 Å². The van der Waals surface area contributed by atoms with Gasteiger partial charge in [-0.05, 0) is 40.2 Å². The van der Waals surface area contributed by atoms with Crippen molar-refractivity contribution in [1.29, 1.82) is 0 Å². The Labute approximate surface area is 128 Å². The second-order valence-electron chi connectivity index (χ2n) is 4.44. The van der Waals surface area contributed by atoms with E-state index in [0.29, 0.717) is 5.75 Å². The lowest BCUT2D eigenvalue weighted by atomic mass is 10.1. The average Bonchev–Trinajstić information content (AvgIpc) is 2.70. The van der Waals surface area contributed by atoms with Crippen molar-refractivity contribution >= 4 is 21.9 Å². The number of hydrogen-bond donors (Lipinski definition) is 2. The van der Waals surface area contributed by atoms with Gasteiger partial charge in [-0.15, -0.1) is 0 Å². The molecule has 0 aliphatic carbocycles. The first kappa shape index (κ1) is 16.2. The van der Waals surface area contributed by atoms with Crippen molar-refractivity contribution < 1.29 is 33.6 Å².